The van der Waals surface area contributed by atoms with Gasteiger partial charge in [0.15, 0.2) is 0 Å². The molecule has 1 unspecified atom stereocenters. The minimum absolute atomic E-state index is 0.0259. The number of piperidine rings is 1. The van der Waals surface area contributed by atoms with E-state index in [1.165, 1.54) is 18.5 Å². The molecule has 5 rings (SSSR count). The van der Waals surface area contributed by atoms with Crippen molar-refractivity contribution in [3.8, 4) is 16.9 Å². The molecule has 0 aliphatic carbocycles. The number of rotatable bonds is 9. The second-order valence-corrected chi connectivity index (χ2v) is 10.7. The largest absolute Gasteiger partial charge is 0.488 e. The predicted molar refractivity (Wildman–Crippen MR) is 150 cm³/mol. The minimum Gasteiger partial charge on any atom is -0.488 e. The molecule has 2 aliphatic heterocycles. The van der Waals surface area contributed by atoms with E-state index in [0.717, 1.165) is 72.7 Å². The number of nitrogens with two attached hydrogens (primary N) is 1. The summed E-state index contributed by atoms with van der Waals surface area (Å²) in [4.78, 5) is 13.2. The summed E-state index contributed by atoms with van der Waals surface area (Å²) in [5.41, 5.74) is 13.1. The molecule has 3 aromatic carbocycles. The van der Waals surface area contributed by atoms with E-state index in [-0.39, 0.29) is 12.6 Å². The SMILES string of the molecule is CC(N)c1cccc(-c2cc(COc3ccccc3COC=O)cc(N3CCC4(CCCOC4)CC3)c2)c1. The predicted octanol–water partition coefficient (Wildman–Crippen LogP) is 6.02. The third-order valence-electron chi connectivity index (χ3n) is 7.99. The van der Waals surface area contributed by atoms with Gasteiger partial charge >= 0.3 is 0 Å². The van der Waals surface area contributed by atoms with Crippen LogP contribution in [0.25, 0.3) is 11.1 Å². The van der Waals surface area contributed by atoms with Crippen LogP contribution in [0, 0.1) is 5.41 Å². The molecule has 0 amide bonds. The zero-order chi connectivity index (χ0) is 26.4. The first-order chi connectivity index (χ1) is 18.5. The number of benzene rings is 3. The Labute approximate surface area is 225 Å². The molecule has 38 heavy (non-hydrogen) atoms. The van der Waals surface area contributed by atoms with E-state index in [4.69, 9.17) is 19.9 Å². The van der Waals surface area contributed by atoms with Gasteiger partial charge in [-0.15, -0.1) is 0 Å². The summed E-state index contributed by atoms with van der Waals surface area (Å²) in [7, 11) is 0. The molecule has 0 aromatic heterocycles. The lowest BCUT2D eigenvalue weighted by atomic mass is 9.74. The van der Waals surface area contributed by atoms with Crippen molar-refractivity contribution in [2.75, 3.05) is 31.2 Å². The second kappa shape index (κ2) is 12.0. The molecule has 200 valence electrons. The highest BCUT2D eigenvalue weighted by atomic mass is 16.5. The molecular formula is C32H38N2O4. The van der Waals surface area contributed by atoms with Gasteiger partial charge in [-0.3, -0.25) is 4.79 Å². The molecule has 2 heterocycles. The van der Waals surface area contributed by atoms with Gasteiger partial charge < -0.3 is 24.8 Å². The van der Waals surface area contributed by atoms with Gasteiger partial charge in [0.05, 0.1) is 6.61 Å². The van der Waals surface area contributed by atoms with Gasteiger partial charge in [0, 0.05) is 37.0 Å². The molecule has 3 aromatic rings. The fourth-order valence-corrected chi connectivity index (χ4v) is 5.70. The lowest BCUT2D eigenvalue weighted by molar-refractivity contribution is -0.129. The van der Waals surface area contributed by atoms with Crippen LogP contribution >= 0.6 is 0 Å². The van der Waals surface area contributed by atoms with E-state index in [0.29, 0.717) is 18.5 Å². The number of carbonyl (C=O) groups is 1. The molecule has 2 aliphatic rings. The summed E-state index contributed by atoms with van der Waals surface area (Å²) in [6.45, 7) is 6.94. The molecule has 0 saturated carbocycles. The van der Waals surface area contributed by atoms with Gasteiger partial charge in [0.2, 0.25) is 0 Å². The zero-order valence-electron chi connectivity index (χ0n) is 22.2. The average molecular weight is 515 g/mol. The van der Waals surface area contributed by atoms with E-state index in [1.54, 1.807) is 0 Å². The number of para-hydroxylation sites is 1. The third kappa shape index (κ3) is 6.20. The maximum atomic E-state index is 10.7. The highest BCUT2D eigenvalue weighted by molar-refractivity contribution is 5.70. The molecule has 2 saturated heterocycles. The van der Waals surface area contributed by atoms with Crippen molar-refractivity contribution in [1.29, 1.82) is 0 Å². The van der Waals surface area contributed by atoms with Crippen molar-refractivity contribution in [3.63, 3.8) is 0 Å². The van der Waals surface area contributed by atoms with Crippen molar-refractivity contribution in [2.45, 2.75) is 51.9 Å². The zero-order valence-corrected chi connectivity index (χ0v) is 22.2. The van der Waals surface area contributed by atoms with Crippen LogP contribution in [0.4, 0.5) is 5.69 Å². The summed E-state index contributed by atoms with van der Waals surface area (Å²) in [5.74, 6) is 0.720. The number of anilines is 1. The first-order valence-electron chi connectivity index (χ1n) is 13.6. The normalized spacial score (nSPS) is 17.7. The fourth-order valence-electron chi connectivity index (χ4n) is 5.70. The molecule has 1 atom stereocenters. The Morgan fingerprint density at radius 1 is 1.00 bits per heavy atom. The summed E-state index contributed by atoms with van der Waals surface area (Å²) in [6.07, 6.45) is 4.77. The van der Waals surface area contributed by atoms with Crippen LogP contribution < -0.4 is 15.4 Å². The summed E-state index contributed by atoms with van der Waals surface area (Å²) in [5, 5.41) is 0. The quantitative estimate of drug-likeness (QED) is 0.352. The lowest BCUT2D eigenvalue weighted by Crippen LogP contribution is -2.44. The van der Waals surface area contributed by atoms with Crippen molar-refractivity contribution in [2.24, 2.45) is 11.1 Å². The van der Waals surface area contributed by atoms with Crippen molar-refractivity contribution < 1.29 is 19.0 Å². The Morgan fingerprint density at radius 2 is 1.84 bits per heavy atom. The Hall–Kier alpha value is -3.35. The maximum Gasteiger partial charge on any atom is 0.293 e. The van der Waals surface area contributed by atoms with Crippen LogP contribution in [0.5, 0.6) is 5.75 Å². The highest BCUT2D eigenvalue weighted by Crippen LogP contribution is 2.40. The molecule has 0 bridgehead atoms. The smallest absolute Gasteiger partial charge is 0.293 e. The number of nitrogens with zero attached hydrogens (tertiary/aromatic N) is 1. The Kier molecular flexibility index (Phi) is 8.30. The van der Waals surface area contributed by atoms with Gasteiger partial charge in [-0.1, -0.05) is 36.4 Å². The van der Waals surface area contributed by atoms with E-state index in [2.05, 4.69) is 47.4 Å². The number of hydrogen-bond donors (Lipinski definition) is 1. The summed E-state index contributed by atoms with van der Waals surface area (Å²) < 4.78 is 17.1. The fraction of sp³-hybridized carbons (Fsp3) is 0.406. The first kappa shape index (κ1) is 26.3. The van der Waals surface area contributed by atoms with E-state index < -0.39 is 0 Å². The summed E-state index contributed by atoms with van der Waals surface area (Å²) in [6, 6.07) is 22.9. The Bertz CT molecular complexity index is 1230. The van der Waals surface area contributed by atoms with Crippen LogP contribution in [-0.4, -0.2) is 32.8 Å². The second-order valence-electron chi connectivity index (χ2n) is 10.7. The van der Waals surface area contributed by atoms with Gasteiger partial charge in [0.1, 0.15) is 19.0 Å². The van der Waals surface area contributed by atoms with E-state index in [9.17, 15) is 4.79 Å². The van der Waals surface area contributed by atoms with Gasteiger partial charge in [-0.25, -0.2) is 0 Å². The Balaban J connectivity index is 1.41. The van der Waals surface area contributed by atoms with Crippen LogP contribution in [0.1, 0.15) is 55.3 Å². The average Bonchev–Trinajstić information content (AvgIpc) is 2.96. The molecule has 2 fully saturated rings. The standard InChI is InChI=1S/C32H38N2O4/c1-24(33)26-7-4-8-27(18-26)29-16-25(20-38-31-9-3-2-6-28(31)21-37-23-35)17-30(19-29)34-13-11-32(12-14-34)10-5-15-36-22-32/h2-4,6-9,16-19,23-24H,5,10-15,20-22,33H2,1H3. The third-order valence-corrected chi connectivity index (χ3v) is 7.99. The van der Waals surface area contributed by atoms with Gasteiger partial charge in [0.25, 0.3) is 6.47 Å². The lowest BCUT2D eigenvalue weighted by Gasteiger charge is -2.44. The highest BCUT2D eigenvalue weighted by Gasteiger charge is 2.36. The molecule has 0 radical (unpaired) electrons. The van der Waals surface area contributed by atoms with Gasteiger partial charge in [-0.2, -0.15) is 0 Å². The maximum absolute atomic E-state index is 10.7. The molecule has 6 heteroatoms. The monoisotopic (exact) mass is 514 g/mol. The molecular weight excluding hydrogens is 476 g/mol. The number of carbonyl (C=O) groups excluding carboxylic acids is 1. The molecule has 1 spiro atoms. The van der Waals surface area contributed by atoms with Crippen LogP contribution in [0.15, 0.2) is 66.7 Å². The topological polar surface area (TPSA) is 74.0 Å². The summed E-state index contributed by atoms with van der Waals surface area (Å²) >= 11 is 0. The number of ether oxygens (including phenoxy) is 3. The van der Waals surface area contributed by atoms with E-state index >= 15 is 0 Å². The van der Waals surface area contributed by atoms with Crippen molar-refractivity contribution in [1.82, 2.24) is 0 Å². The Morgan fingerprint density at radius 3 is 2.61 bits per heavy atom. The van der Waals surface area contributed by atoms with Gasteiger partial charge in [-0.05, 0) is 90.6 Å². The van der Waals surface area contributed by atoms with Crippen LogP contribution in [0.3, 0.4) is 0 Å². The minimum atomic E-state index is -0.0259. The number of hydrogen-bond acceptors (Lipinski definition) is 6. The van der Waals surface area contributed by atoms with Crippen molar-refractivity contribution in [3.05, 3.63) is 83.4 Å². The molecule has 2 N–H and O–H groups in total. The van der Waals surface area contributed by atoms with Crippen molar-refractivity contribution >= 4 is 12.2 Å². The van der Waals surface area contributed by atoms with E-state index in [1.807, 2.05) is 31.2 Å². The first-order valence-corrected chi connectivity index (χ1v) is 13.6. The molecule has 6 nitrogen and oxygen atoms in total. The van der Waals surface area contributed by atoms with Crippen LogP contribution in [0.2, 0.25) is 0 Å². The van der Waals surface area contributed by atoms with Crippen LogP contribution in [-0.2, 0) is 27.5 Å².